The standard InChI is InChI=1S/C6H6FN.C6H10N2.C2H6/c1-5-2-3-6(7)8-4-5;1-5(2)4-6(7)8-3;1-2/h2-4H,1H3;4H,1,3,7H2,2H3;1-2H3/b;6-4-;. The molecule has 0 aliphatic heterocycles. The molecule has 2 N–H and O–H groups in total. The minimum absolute atomic E-state index is 0.414. The number of hydrogen-bond donors (Lipinski definition) is 1. The lowest BCUT2D eigenvalue weighted by atomic mass is 10.3. The van der Waals surface area contributed by atoms with Gasteiger partial charge < -0.3 is 5.73 Å². The van der Waals surface area contributed by atoms with Crippen LogP contribution in [0.4, 0.5) is 4.39 Å². The van der Waals surface area contributed by atoms with Crippen LogP contribution in [0.25, 0.3) is 0 Å². The molecule has 0 aliphatic rings. The summed E-state index contributed by atoms with van der Waals surface area (Å²) in [6, 6.07) is 3.03. The molecule has 1 aromatic rings. The zero-order valence-corrected chi connectivity index (χ0v) is 11.6. The van der Waals surface area contributed by atoms with Gasteiger partial charge in [-0.05, 0) is 38.3 Å². The molecule has 0 amide bonds. The molecule has 100 valence electrons. The van der Waals surface area contributed by atoms with Crippen molar-refractivity contribution in [1.82, 2.24) is 4.98 Å². The average molecular weight is 251 g/mol. The fourth-order valence-corrected chi connectivity index (χ4v) is 0.748. The van der Waals surface area contributed by atoms with E-state index < -0.39 is 5.95 Å². The predicted molar refractivity (Wildman–Crippen MR) is 76.9 cm³/mol. The highest BCUT2D eigenvalue weighted by Crippen LogP contribution is 1.94. The van der Waals surface area contributed by atoms with Crippen LogP contribution in [0.3, 0.4) is 0 Å². The number of halogens is 1. The smallest absolute Gasteiger partial charge is 0.212 e. The first-order valence-corrected chi connectivity index (χ1v) is 5.63. The number of aromatic nitrogens is 1. The lowest BCUT2D eigenvalue weighted by Crippen LogP contribution is -1.91. The van der Waals surface area contributed by atoms with Crippen molar-refractivity contribution in [2.75, 3.05) is 0 Å². The van der Waals surface area contributed by atoms with Crippen LogP contribution >= 0.6 is 0 Å². The number of aliphatic imine (C=N–C) groups is 1. The van der Waals surface area contributed by atoms with Gasteiger partial charge in [0.1, 0.15) is 5.82 Å². The van der Waals surface area contributed by atoms with Crippen molar-refractivity contribution in [2.24, 2.45) is 10.7 Å². The summed E-state index contributed by atoms with van der Waals surface area (Å²) >= 11 is 0. The molecule has 0 aromatic carbocycles. The third-order valence-corrected chi connectivity index (χ3v) is 1.45. The van der Waals surface area contributed by atoms with E-state index in [1.165, 1.54) is 12.3 Å². The van der Waals surface area contributed by atoms with Gasteiger partial charge in [0, 0.05) is 6.20 Å². The number of allylic oxidation sites excluding steroid dienone is 2. The second-order valence-electron chi connectivity index (χ2n) is 3.23. The van der Waals surface area contributed by atoms with Crippen molar-refractivity contribution in [3.05, 3.63) is 53.9 Å². The number of pyridine rings is 1. The summed E-state index contributed by atoms with van der Waals surface area (Å²) in [6.07, 6.45) is 3.16. The molecule has 4 heteroatoms. The number of nitrogens with zero attached hydrogens (tertiary/aromatic N) is 2. The first-order valence-electron chi connectivity index (χ1n) is 5.63. The monoisotopic (exact) mass is 251 g/mol. The Hall–Kier alpha value is -1.97. The van der Waals surface area contributed by atoms with Gasteiger partial charge >= 0.3 is 0 Å². The molecule has 1 heterocycles. The van der Waals surface area contributed by atoms with E-state index in [0.29, 0.717) is 5.82 Å². The SMILES string of the molecule is C=N/C(N)=C\C(=C)C.CC.Cc1ccc(F)nc1. The van der Waals surface area contributed by atoms with Crippen LogP contribution in [0.2, 0.25) is 0 Å². The fraction of sp³-hybridized carbons (Fsp3) is 0.286. The molecule has 18 heavy (non-hydrogen) atoms. The van der Waals surface area contributed by atoms with E-state index in [4.69, 9.17) is 5.73 Å². The molecule has 0 radical (unpaired) electrons. The number of nitrogens with two attached hydrogens (primary N) is 1. The fourth-order valence-electron chi connectivity index (χ4n) is 0.748. The van der Waals surface area contributed by atoms with Gasteiger partial charge in [-0.3, -0.25) is 0 Å². The minimum atomic E-state index is -0.421. The Morgan fingerprint density at radius 3 is 2.22 bits per heavy atom. The molecule has 0 saturated heterocycles. The van der Waals surface area contributed by atoms with Gasteiger partial charge in [0.15, 0.2) is 0 Å². The molecular formula is C14H22FN3. The molecular weight excluding hydrogens is 229 g/mol. The summed E-state index contributed by atoms with van der Waals surface area (Å²) in [6.45, 7) is 14.5. The third kappa shape index (κ3) is 12.1. The molecule has 0 fully saturated rings. The van der Waals surface area contributed by atoms with Gasteiger partial charge in [-0.15, -0.1) is 0 Å². The summed E-state index contributed by atoms with van der Waals surface area (Å²) in [5, 5.41) is 0. The van der Waals surface area contributed by atoms with E-state index in [1.54, 1.807) is 12.1 Å². The van der Waals surface area contributed by atoms with Gasteiger partial charge in [-0.1, -0.05) is 32.1 Å². The molecule has 0 saturated carbocycles. The normalized spacial score (nSPS) is 9.28. The van der Waals surface area contributed by atoms with Crippen molar-refractivity contribution >= 4 is 6.72 Å². The summed E-state index contributed by atoms with van der Waals surface area (Å²) in [5.74, 6) is -0.00639. The highest BCUT2D eigenvalue weighted by Gasteiger charge is 1.85. The topological polar surface area (TPSA) is 51.3 Å². The number of hydrogen-bond acceptors (Lipinski definition) is 3. The highest BCUT2D eigenvalue weighted by molar-refractivity contribution is 5.30. The van der Waals surface area contributed by atoms with Gasteiger partial charge in [-0.2, -0.15) is 4.39 Å². The Kier molecular flexibility index (Phi) is 11.8. The van der Waals surface area contributed by atoms with E-state index >= 15 is 0 Å². The Labute approximate surface area is 109 Å². The van der Waals surface area contributed by atoms with Crippen LogP contribution in [0, 0.1) is 12.9 Å². The van der Waals surface area contributed by atoms with Crippen LogP contribution in [0.1, 0.15) is 26.3 Å². The van der Waals surface area contributed by atoms with Gasteiger partial charge in [0.25, 0.3) is 0 Å². The van der Waals surface area contributed by atoms with Crippen LogP contribution < -0.4 is 5.73 Å². The van der Waals surface area contributed by atoms with E-state index in [2.05, 4.69) is 23.3 Å². The molecule has 1 rings (SSSR count). The Morgan fingerprint density at radius 2 is 2.00 bits per heavy atom. The predicted octanol–water partition coefficient (Wildman–Crippen LogP) is 3.62. The number of aryl methyl sites for hydroxylation is 1. The van der Waals surface area contributed by atoms with E-state index in [9.17, 15) is 4.39 Å². The van der Waals surface area contributed by atoms with Crippen LogP contribution in [0.5, 0.6) is 0 Å². The van der Waals surface area contributed by atoms with Crippen LogP contribution in [-0.4, -0.2) is 11.7 Å². The molecule has 0 spiro atoms. The maximum Gasteiger partial charge on any atom is 0.212 e. The Bertz CT molecular complexity index is 360. The van der Waals surface area contributed by atoms with E-state index in [0.717, 1.165) is 11.1 Å². The largest absolute Gasteiger partial charge is 0.384 e. The van der Waals surface area contributed by atoms with Crippen molar-refractivity contribution in [1.29, 1.82) is 0 Å². The van der Waals surface area contributed by atoms with Crippen LogP contribution in [0.15, 0.2) is 47.4 Å². The van der Waals surface area contributed by atoms with Crippen molar-refractivity contribution < 1.29 is 4.39 Å². The first-order chi connectivity index (χ1) is 8.45. The summed E-state index contributed by atoms with van der Waals surface area (Å²) in [7, 11) is 0. The van der Waals surface area contributed by atoms with Crippen molar-refractivity contribution in [3.8, 4) is 0 Å². The maximum atomic E-state index is 12.0. The molecule has 3 nitrogen and oxygen atoms in total. The van der Waals surface area contributed by atoms with Crippen LogP contribution in [-0.2, 0) is 0 Å². The number of rotatable bonds is 2. The molecule has 0 atom stereocenters. The zero-order chi connectivity index (χ0) is 14.6. The highest BCUT2D eigenvalue weighted by atomic mass is 19.1. The minimum Gasteiger partial charge on any atom is -0.384 e. The second kappa shape index (κ2) is 11.5. The molecule has 1 aromatic heterocycles. The third-order valence-electron chi connectivity index (χ3n) is 1.45. The van der Waals surface area contributed by atoms with E-state index in [-0.39, 0.29) is 0 Å². The first kappa shape index (κ1) is 18.4. The van der Waals surface area contributed by atoms with Gasteiger partial charge in [-0.25, -0.2) is 9.98 Å². The summed E-state index contributed by atoms with van der Waals surface area (Å²) in [4.78, 5) is 6.87. The maximum absolute atomic E-state index is 12.0. The summed E-state index contributed by atoms with van der Waals surface area (Å²) in [5.41, 5.74) is 7.11. The zero-order valence-electron chi connectivity index (χ0n) is 11.6. The Morgan fingerprint density at radius 1 is 1.44 bits per heavy atom. The quantitative estimate of drug-likeness (QED) is 0.496. The molecule has 0 bridgehead atoms. The van der Waals surface area contributed by atoms with Crippen molar-refractivity contribution in [3.63, 3.8) is 0 Å². The summed E-state index contributed by atoms with van der Waals surface area (Å²) < 4.78 is 12.0. The molecule has 0 aliphatic carbocycles. The van der Waals surface area contributed by atoms with Gasteiger partial charge in [0.2, 0.25) is 5.95 Å². The second-order valence-corrected chi connectivity index (χ2v) is 3.23. The lowest BCUT2D eigenvalue weighted by Gasteiger charge is -1.87. The molecule has 0 unspecified atom stereocenters. The van der Waals surface area contributed by atoms with Gasteiger partial charge in [0.05, 0.1) is 0 Å². The average Bonchev–Trinajstić information content (AvgIpc) is 2.35. The van der Waals surface area contributed by atoms with Crippen molar-refractivity contribution in [2.45, 2.75) is 27.7 Å². The Balaban J connectivity index is 0. The lowest BCUT2D eigenvalue weighted by molar-refractivity contribution is 0.583. The van der Waals surface area contributed by atoms with E-state index in [1.807, 2.05) is 27.7 Å².